The summed E-state index contributed by atoms with van der Waals surface area (Å²) in [6.45, 7) is 2.34. The van der Waals surface area contributed by atoms with Gasteiger partial charge < -0.3 is 10.6 Å². The van der Waals surface area contributed by atoms with Crippen molar-refractivity contribution >= 4 is 27.2 Å². The molecule has 2 unspecified atom stereocenters. The van der Waals surface area contributed by atoms with E-state index < -0.39 is 0 Å². The van der Waals surface area contributed by atoms with E-state index in [1.165, 1.54) is 23.2 Å². The fraction of sp³-hybridized carbons (Fsp3) is 0.417. The van der Waals surface area contributed by atoms with E-state index in [1.807, 2.05) is 6.20 Å². The second-order valence-corrected chi connectivity index (χ2v) is 5.60. The van der Waals surface area contributed by atoms with Gasteiger partial charge in [-0.2, -0.15) is 0 Å². The van der Waals surface area contributed by atoms with E-state index in [0.717, 1.165) is 17.7 Å². The monoisotopic (exact) mass is 231 g/mol. The lowest BCUT2D eigenvalue weighted by molar-refractivity contribution is 0.696. The van der Waals surface area contributed by atoms with Crippen molar-refractivity contribution in [2.24, 2.45) is 11.8 Å². The Hall–Kier alpha value is -1.13. The van der Waals surface area contributed by atoms with E-state index in [4.69, 9.17) is 0 Å². The fourth-order valence-corrected chi connectivity index (χ4v) is 3.58. The van der Waals surface area contributed by atoms with Crippen LogP contribution < -0.4 is 10.6 Å². The number of rotatable bonds is 2. The van der Waals surface area contributed by atoms with Crippen LogP contribution in [-0.2, 0) is 0 Å². The lowest BCUT2D eigenvalue weighted by atomic mass is 10.3. The summed E-state index contributed by atoms with van der Waals surface area (Å²) in [6, 6.07) is 4.89. The van der Waals surface area contributed by atoms with Gasteiger partial charge in [-0.05, 0) is 29.3 Å². The first-order valence-corrected chi connectivity index (χ1v) is 6.61. The number of pyridine rings is 1. The minimum atomic E-state index is 0.652. The minimum Gasteiger partial charge on any atom is -0.366 e. The van der Waals surface area contributed by atoms with Gasteiger partial charge in [0, 0.05) is 35.4 Å². The summed E-state index contributed by atoms with van der Waals surface area (Å²) in [5.74, 6) is 2.73. The third kappa shape index (κ3) is 1.20. The molecule has 3 heterocycles. The number of nitrogens with zero attached hydrogens (tertiary/aromatic N) is 1. The highest BCUT2D eigenvalue weighted by molar-refractivity contribution is 7.17. The van der Waals surface area contributed by atoms with Crippen molar-refractivity contribution in [2.75, 3.05) is 18.4 Å². The van der Waals surface area contributed by atoms with Crippen LogP contribution in [0.4, 0.5) is 5.82 Å². The number of nitrogens with one attached hydrogen (secondary N) is 2. The molecule has 1 aliphatic carbocycles. The second-order valence-electron chi connectivity index (χ2n) is 4.65. The van der Waals surface area contributed by atoms with Crippen LogP contribution in [0.15, 0.2) is 23.7 Å². The molecule has 4 heteroatoms. The highest BCUT2D eigenvalue weighted by Gasteiger charge is 2.53. The van der Waals surface area contributed by atoms with Crippen molar-refractivity contribution in [1.82, 2.24) is 10.3 Å². The van der Waals surface area contributed by atoms with Crippen LogP contribution in [0.3, 0.4) is 0 Å². The second kappa shape index (κ2) is 3.18. The Morgan fingerprint density at radius 1 is 1.31 bits per heavy atom. The van der Waals surface area contributed by atoms with Crippen LogP contribution in [0.2, 0.25) is 0 Å². The van der Waals surface area contributed by atoms with Gasteiger partial charge in [-0.25, -0.2) is 4.98 Å². The first-order valence-electron chi connectivity index (χ1n) is 5.73. The molecule has 0 spiro atoms. The minimum absolute atomic E-state index is 0.652. The Bertz CT molecular complexity index is 526. The Morgan fingerprint density at radius 2 is 2.19 bits per heavy atom. The first kappa shape index (κ1) is 8.96. The molecule has 1 aliphatic heterocycles. The predicted octanol–water partition coefficient (Wildman–Crippen LogP) is 1.93. The van der Waals surface area contributed by atoms with Gasteiger partial charge in [0.2, 0.25) is 0 Å². The lowest BCUT2D eigenvalue weighted by Gasteiger charge is -2.08. The van der Waals surface area contributed by atoms with Gasteiger partial charge in [-0.15, -0.1) is 11.3 Å². The van der Waals surface area contributed by atoms with Crippen LogP contribution in [0.25, 0.3) is 10.1 Å². The zero-order chi connectivity index (χ0) is 10.5. The van der Waals surface area contributed by atoms with E-state index in [1.54, 1.807) is 11.3 Å². The summed E-state index contributed by atoms with van der Waals surface area (Å²) >= 11 is 1.78. The maximum Gasteiger partial charge on any atom is 0.134 e. The largest absolute Gasteiger partial charge is 0.366 e. The van der Waals surface area contributed by atoms with Gasteiger partial charge in [0.1, 0.15) is 5.82 Å². The normalized spacial score (nSPS) is 31.6. The molecule has 0 bridgehead atoms. The Kier molecular flexibility index (Phi) is 1.78. The van der Waals surface area contributed by atoms with Crippen molar-refractivity contribution in [1.29, 1.82) is 0 Å². The smallest absolute Gasteiger partial charge is 0.134 e. The highest BCUT2D eigenvalue weighted by atomic mass is 32.1. The summed E-state index contributed by atoms with van der Waals surface area (Å²) in [4.78, 5) is 4.46. The SMILES string of the molecule is c1cc2sccc2c(NC2C3CNCC32)n1. The molecule has 2 aromatic heterocycles. The zero-order valence-corrected chi connectivity index (χ0v) is 9.63. The summed E-state index contributed by atoms with van der Waals surface area (Å²) in [7, 11) is 0. The molecule has 0 radical (unpaired) electrons. The summed E-state index contributed by atoms with van der Waals surface area (Å²) in [5, 5.41) is 10.4. The van der Waals surface area contributed by atoms with E-state index >= 15 is 0 Å². The molecule has 16 heavy (non-hydrogen) atoms. The fourth-order valence-electron chi connectivity index (χ4n) is 2.80. The molecule has 2 aromatic rings. The van der Waals surface area contributed by atoms with E-state index in [2.05, 4.69) is 33.1 Å². The molecule has 0 aromatic carbocycles. The van der Waals surface area contributed by atoms with Crippen LogP contribution in [0.5, 0.6) is 0 Å². The predicted molar refractivity (Wildman–Crippen MR) is 66.9 cm³/mol. The van der Waals surface area contributed by atoms with Crippen LogP contribution >= 0.6 is 11.3 Å². The van der Waals surface area contributed by atoms with Crippen molar-refractivity contribution in [3.63, 3.8) is 0 Å². The van der Waals surface area contributed by atoms with Gasteiger partial charge >= 0.3 is 0 Å². The summed E-state index contributed by atoms with van der Waals surface area (Å²) < 4.78 is 1.32. The third-order valence-corrected chi connectivity index (χ3v) is 4.66. The molecule has 2 fully saturated rings. The number of aromatic nitrogens is 1. The number of hydrogen-bond acceptors (Lipinski definition) is 4. The molecule has 1 saturated heterocycles. The van der Waals surface area contributed by atoms with Gasteiger partial charge in [-0.1, -0.05) is 0 Å². The summed E-state index contributed by atoms with van der Waals surface area (Å²) in [6.07, 6.45) is 1.90. The van der Waals surface area contributed by atoms with Gasteiger partial charge in [0.15, 0.2) is 0 Å². The third-order valence-electron chi connectivity index (χ3n) is 3.77. The Labute approximate surface area is 97.9 Å². The molecular weight excluding hydrogens is 218 g/mol. The molecule has 4 rings (SSSR count). The average molecular weight is 231 g/mol. The zero-order valence-electron chi connectivity index (χ0n) is 8.81. The maximum absolute atomic E-state index is 4.46. The van der Waals surface area contributed by atoms with Crippen LogP contribution in [-0.4, -0.2) is 24.1 Å². The molecule has 2 aliphatic rings. The van der Waals surface area contributed by atoms with E-state index in [0.29, 0.717) is 6.04 Å². The standard InChI is InChI=1S/C12H13N3S/c1-3-14-12(7-2-4-16-10(1)7)15-11-8-5-13-6-9(8)11/h1-4,8-9,11,13H,5-6H2,(H,14,15). The Balaban J connectivity index is 1.65. The Morgan fingerprint density at radius 3 is 3.06 bits per heavy atom. The average Bonchev–Trinajstić information content (AvgIpc) is 2.80. The van der Waals surface area contributed by atoms with Crippen LogP contribution in [0, 0.1) is 11.8 Å². The van der Waals surface area contributed by atoms with Crippen molar-refractivity contribution in [3.05, 3.63) is 23.7 Å². The number of piperidine rings is 1. The molecule has 2 atom stereocenters. The molecule has 3 nitrogen and oxygen atoms in total. The summed E-state index contributed by atoms with van der Waals surface area (Å²) in [5.41, 5.74) is 0. The lowest BCUT2D eigenvalue weighted by Crippen LogP contribution is -2.21. The van der Waals surface area contributed by atoms with E-state index in [9.17, 15) is 0 Å². The number of anilines is 1. The highest BCUT2D eigenvalue weighted by Crippen LogP contribution is 2.44. The number of thiophene rings is 1. The molecule has 82 valence electrons. The van der Waals surface area contributed by atoms with Gasteiger partial charge in [0.05, 0.1) is 0 Å². The van der Waals surface area contributed by atoms with Crippen molar-refractivity contribution in [2.45, 2.75) is 6.04 Å². The van der Waals surface area contributed by atoms with Gasteiger partial charge in [-0.3, -0.25) is 0 Å². The van der Waals surface area contributed by atoms with Gasteiger partial charge in [0.25, 0.3) is 0 Å². The molecular formula is C12H13N3S. The quantitative estimate of drug-likeness (QED) is 0.829. The molecule has 1 saturated carbocycles. The number of hydrogen-bond donors (Lipinski definition) is 2. The van der Waals surface area contributed by atoms with E-state index in [-0.39, 0.29) is 0 Å². The van der Waals surface area contributed by atoms with Crippen molar-refractivity contribution < 1.29 is 0 Å². The molecule has 2 N–H and O–H groups in total. The first-order chi connectivity index (χ1) is 7.93. The number of fused-ring (bicyclic) bond motifs is 2. The van der Waals surface area contributed by atoms with Crippen molar-refractivity contribution in [3.8, 4) is 0 Å². The molecule has 0 amide bonds. The topological polar surface area (TPSA) is 37.0 Å². The maximum atomic E-state index is 4.46. The van der Waals surface area contributed by atoms with Crippen LogP contribution in [0.1, 0.15) is 0 Å².